The zero-order chi connectivity index (χ0) is 21.3. The van der Waals surface area contributed by atoms with E-state index in [2.05, 4.69) is 10.6 Å². The van der Waals surface area contributed by atoms with Crippen molar-refractivity contribution in [3.8, 4) is 5.75 Å². The number of nitrogens with one attached hydrogen (secondary N) is 2. The van der Waals surface area contributed by atoms with E-state index in [1.54, 1.807) is 36.4 Å². The highest BCUT2D eigenvalue weighted by Crippen LogP contribution is 2.17. The van der Waals surface area contributed by atoms with Crippen LogP contribution in [0.1, 0.15) is 53.3 Å². The Hall–Kier alpha value is -2.93. The Morgan fingerprint density at radius 3 is 2.37 bits per heavy atom. The molecule has 6 nitrogen and oxygen atoms in total. The van der Waals surface area contributed by atoms with Gasteiger partial charge in [-0.1, -0.05) is 18.9 Å². The van der Waals surface area contributed by atoms with Crippen LogP contribution >= 0.6 is 12.2 Å². The van der Waals surface area contributed by atoms with Gasteiger partial charge in [-0.25, -0.2) is 0 Å². The summed E-state index contributed by atoms with van der Waals surface area (Å²) in [7, 11) is 0. The number of nitrogens with zero attached hydrogens (tertiary/aromatic N) is 1. The van der Waals surface area contributed by atoms with E-state index < -0.39 is 0 Å². The molecule has 30 heavy (non-hydrogen) atoms. The van der Waals surface area contributed by atoms with Crippen molar-refractivity contribution in [2.75, 3.05) is 25.0 Å². The van der Waals surface area contributed by atoms with Gasteiger partial charge in [-0.2, -0.15) is 0 Å². The molecule has 0 bridgehead atoms. The van der Waals surface area contributed by atoms with E-state index in [9.17, 15) is 9.59 Å². The number of benzene rings is 2. The highest BCUT2D eigenvalue weighted by Gasteiger charge is 2.17. The van der Waals surface area contributed by atoms with Crippen molar-refractivity contribution in [3.63, 3.8) is 0 Å². The Balaban J connectivity index is 1.59. The molecule has 1 aliphatic heterocycles. The molecule has 0 aliphatic carbocycles. The van der Waals surface area contributed by atoms with Gasteiger partial charge in [-0.3, -0.25) is 14.9 Å². The molecule has 0 saturated carbocycles. The SMILES string of the molecule is CCOc1ccc(C(=O)NC(=S)Nc2cccc(C(=O)N3CCCCCC3)c2)cc1. The topological polar surface area (TPSA) is 70.7 Å². The van der Waals surface area contributed by atoms with Crippen molar-refractivity contribution in [1.82, 2.24) is 10.2 Å². The third kappa shape index (κ3) is 6.03. The van der Waals surface area contributed by atoms with Crippen molar-refractivity contribution in [2.24, 2.45) is 0 Å². The normalized spacial score (nSPS) is 13.8. The van der Waals surface area contributed by atoms with Gasteiger partial charge in [0.15, 0.2) is 5.11 Å². The molecule has 1 fully saturated rings. The van der Waals surface area contributed by atoms with E-state index >= 15 is 0 Å². The van der Waals surface area contributed by atoms with Crippen LogP contribution in [0.15, 0.2) is 48.5 Å². The lowest BCUT2D eigenvalue weighted by molar-refractivity contribution is 0.0761. The number of thiocarbonyl (C=S) groups is 1. The second-order valence-electron chi connectivity index (χ2n) is 7.15. The highest BCUT2D eigenvalue weighted by molar-refractivity contribution is 7.80. The van der Waals surface area contributed by atoms with Gasteiger partial charge in [-0.15, -0.1) is 0 Å². The monoisotopic (exact) mass is 425 g/mol. The first-order valence-corrected chi connectivity index (χ1v) is 10.7. The number of ether oxygens (including phenoxy) is 1. The lowest BCUT2D eigenvalue weighted by Gasteiger charge is -2.20. The molecule has 0 spiro atoms. The molecule has 158 valence electrons. The van der Waals surface area contributed by atoms with Gasteiger partial charge in [0.25, 0.3) is 11.8 Å². The second-order valence-corrected chi connectivity index (χ2v) is 7.56. The first-order chi connectivity index (χ1) is 14.6. The fraction of sp³-hybridized carbons (Fsp3) is 0.348. The van der Waals surface area contributed by atoms with Crippen molar-refractivity contribution >= 4 is 34.8 Å². The van der Waals surface area contributed by atoms with Gasteiger partial charge < -0.3 is 15.0 Å². The molecule has 2 N–H and O–H groups in total. The molecule has 0 unspecified atom stereocenters. The Labute approximate surface area is 182 Å². The van der Waals surface area contributed by atoms with Crippen LogP contribution in [0.2, 0.25) is 0 Å². The molecule has 1 saturated heterocycles. The molecule has 2 amide bonds. The number of hydrogen-bond donors (Lipinski definition) is 2. The average Bonchev–Trinajstić information content (AvgIpc) is 3.03. The second kappa shape index (κ2) is 10.7. The maximum atomic E-state index is 12.8. The summed E-state index contributed by atoms with van der Waals surface area (Å²) in [4.78, 5) is 27.1. The number of likely N-dealkylation sites (tertiary alicyclic amines) is 1. The summed E-state index contributed by atoms with van der Waals surface area (Å²) >= 11 is 5.27. The van der Waals surface area contributed by atoms with Crippen LogP contribution in [0.4, 0.5) is 5.69 Å². The molecule has 0 aromatic heterocycles. The summed E-state index contributed by atoms with van der Waals surface area (Å²) in [5.74, 6) is 0.429. The van der Waals surface area contributed by atoms with Crippen molar-refractivity contribution in [3.05, 3.63) is 59.7 Å². The Morgan fingerprint density at radius 2 is 1.70 bits per heavy atom. The van der Waals surface area contributed by atoms with Gasteiger partial charge in [0.1, 0.15) is 5.75 Å². The zero-order valence-electron chi connectivity index (χ0n) is 17.1. The number of anilines is 1. The summed E-state index contributed by atoms with van der Waals surface area (Å²) in [6.45, 7) is 4.07. The lowest BCUT2D eigenvalue weighted by Crippen LogP contribution is -2.34. The van der Waals surface area contributed by atoms with E-state index in [1.807, 2.05) is 24.0 Å². The summed E-state index contributed by atoms with van der Waals surface area (Å²) in [5, 5.41) is 5.82. The Morgan fingerprint density at radius 1 is 1.00 bits per heavy atom. The quantitative estimate of drug-likeness (QED) is 0.702. The van der Waals surface area contributed by atoms with Crippen molar-refractivity contribution in [2.45, 2.75) is 32.6 Å². The number of carbonyl (C=O) groups is 2. The van der Waals surface area contributed by atoms with Crippen molar-refractivity contribution in [1.29, 1.82) is 0 Å². The smallest absolute Gasteiger partial charge is 0.257 e. The van der Waals surface area contributed by atoms with E-state index in [0.29, 0.717) is 29.2 Å². The largest absolute Gasteiger partial charge is 0.494 e. The molecule has 0 radical (unpaired) electrons. The third-order valence-electron chi connectivity index (χ3n) is 4.92. The number of carbonyl (C=O) groups excluding carboxylic acids is 2. The van der Waals surface area contributed by atoms with Crippen LogP contribution in [0.25, 0.3) is 0 Å². The van der Waals surface area contributed by atoms with Gasteiger partial charge in [0.05, 0.1) is 6.61 Å². The van der Waals surface area contributed by atoms with E-state index in [0.717, 1.165) is 25.9 Å². The van der Waals surface area contributed by atoms with E-state index in [4.69, 9.17) is 17.0 Å². The third-order valence-corrected chi connectivity index (χ3v) is 5.12. The predicted octanol–water partition coefficient (Wildman–Crippen LogP) is 4.23. The Kier molecular flexibility index (Phi) is 7.79. The first kappa shape index (κ1) is 21.8. The molecule has 1 aliphatic rings. The molecule has 3 rings (SSSR count). The molecule has 2 aromatic carbocycles. The molecule has 2 aromatic rings. The first-order valence-electron chi connectivity index (χ1n) is 10.3. The maximum absolute atomic E-state index is 12.8. The number of amides is 2. The van der Waals surface area contributed by atoms with Crippen molar-refractivity contribution < 1.29 is 14.3 Å². The summed E-state index contributed by atoms with van der Waals surface area (Å²) in [6.07, 6.45) is 4.44. The highest BCUT2D eigenvalue weighted by atomic mass is 32.1. The zero-order valence-corrected chi connectivity index (χ0v) is 18.0. The minimum absolute atomic E-state index is 0.0323. The predicted molar refractivity (Wildman–Crippen MR) is 122 cm³/mol. The van der Waals surface area contributed by atoms with Gasteiger partial charge in [0.2, 0.25) is 0 Å². The van der Waals surface area contributed by atoms with E-state index in [-0.39, 0.29) is 16.9 Å². The fourth-order valence-electron chi connectivity index (χ4n) is 3.39. The summed E-state index contributed by atoms with van der Waals surface area (Å²) in [5.41, 5.74) is 1.75. The molecular formula is C23H27N3O3S. The molecule has 1 heterocycles. The minimum Gasteiger partial charge on any atom is -0.494 e. The summed E-state index contributed by atoms with van der Waals surface area (Å²) in [6, 6.07) is 14.0. The average molecular weight is 426 g/mol. The van der Waals surface area contributed by atoms with Crippen LogP contribution < -0.4 is 15.4 Å². The van der Waals surface area contributed by atoms with Crippen LogP contribution in [0, 0.1) is 0 Å². The molecule has 0 atom stereocenters. The van der Waals surface area contributed by atoms with Crippen LogP contribution in [0.5, 0.6) is 5.75 Å². The molecule has 7 heteroatoms. The number of rotatable bonds is 5. The Bertz CT molecular complexity index is 891. The van der Waals surface area contributed by atoms with E-state index in [1.165, 1.54) is 12.8 Å². The van der Waals surface area contributed by atoms with Crippen LogP contribution in [-0.4, -0.2) is 41.5 Å². The van der Waals surface area contributed by atoms with Crippen LogP contribution in [-0.2, 0) is 0 Å². The van der Waals surface area contributed by atoms with Crippen LogP contribution in [0.3, 0.4) is 0 Å². The summed E-state index contributed by atoms with van der Waals surface area (Å²) < 4.78 is 5.38. The van der Waals surface area contributed by atoms with Gasteiger partial charge >= 0.3 is 0 Å². The number of hydrogen-bond acceptors (Lipinski definition) is 4. The maximum Gasteiger partial charge on any atom is 0.257 e. The van der Waals surface area contributed by atoms with Gasteiger partial charge in [0, 0.05) is 29.9 Å². The standard InChI is InChI=1S/C23H27N3O3S/c1-2-29-20-12-10-17(11-13-20)21(27)25-23(30)24-19-9-7-8-18(16-19)22(28)26-14-5-3-4-6-15-26/h7-13,16H,2-6,14-15H2,1H3,(H2,24,25,27,30). The van der Waals surface area contributed by atoms with Gasteiger partial charge in [-0.05, 0) is 74.4 Å². The fourth-order valence-corrected chi connectivity index (χ4v) is 3.60. The minimum atomic E-state index is -0.313. The lowest BCUT2D eigenvalue weighted by atomic mass is 10.1. The molecular weight excluding hydrogens is 398 g/mol.